The van der Waals surface area contributed by atoms with E-state index in [2.05, 4.69) is 0 Å². The lowest BCUT2D eigenvalue weighted by atomic mass is 9.99. The van der Waals surface area contributed by atoms with E-state index in [0.29, 0.717) is 29.9 Å². The van der Waals surface area contributed by atoms with Gasteiger partial charge >= 0.3 is 5.97 Å². The Morgan fingerprint density at radius 1 is 1.36 bits per heavy atom. The normalized spacial score (nSPS) is 20.3. The lowest BCUT2D eigenvalue weighted by molar-refractivity contribution is 0.0695. The van der Waals surface area contributed by atoms with Gasteiger partial charge in [0.2, 0.25) is 0 Å². The molecule has 4 rings (SSSR count). The third-order valence-electron chi connectivity index (χ3n) is 5.88. The van der Waals surface area contributed by atoms with Crippen molar-refractivity contribution in [2.75, 3.05) is 18.0 Å². The summed E-state index contributed by atoms with van der Waals surface area (Å²) in [6.45, 7) is 5.02. The summed E-state index contributed by atoms with van der Waals surface area (Å²) in [5, 5.41) is 9.85. The van der Waals surface area contributed by atoms with Crippen molar-refractivity contribution in [1.29, 1.82) is 0 Å². The smallest absolute Gasteiger partial charge is 0.343 e. The molecule has 6 nitrogen and oxygen atoms in total. The van der Waals surface area contributed by atoms with Crippen LogP contribution in [-0.4, -0.2) is 34.6 Å². The van der Waals surface area contributed by atoms with Crippen LogP contribution >= 0.6 is 12.4 Å². The van der Waals surface area contributed by atoms with E-state index in [0.717, 1.165) is 31.0 Å². The highest BCUT2D eigenvalue weighted by molar-refractivity contribution is 5.97. The standard InChI is InChI=1S/C20H24FN3O3.ClH/c1-10-7-14(21)9-24-17(10)15(12-3-4-12)18(16(19(24)25)20(26)27)23-6-5-13(8-23)11(2)22;/h7,9,11-13H,3-6,8,22H2,1-2H3,(H,26,27);1H. The fourth-order valence-electron chi connectivity index (χ4n) is 4.36. The number of carboxylic acids is 1. The maximum atomic E-state index is 14.0. The van der Waals surface area contributed by atoms with E-state index in [4.69, 9.17) is 5.73 Å². The molecule has 2 atom stereocenters. The van der Waals surface area contributed by atoms with Gasteiger partial charge in [0.15, 0.2) is 0 Å². The molecule has 2 aromatic heterocycles. The summed E-state index contributed by atoms with van der Waals surface area (Å²) >= 11 is 0. The van der Waals surface area contributed by atoms with Gasteiger partial charge in [-0.15, -0.1) is 12.4 Å². The van der Waals surface area contributed by atoms with Crippen molar-refractivity contribution in [1.82, 2.24) is 4.40 Å². The van der Waals surface area contributed by atoms with E-state index < -0.39 is 17.3 Å². The molecular weight excluding hydrogens is 385 g/mol. The molecule has 2 unspecified atom stereocenters. The van der Waals surface area contributed by atoms with Gasteiger partial charge in [-0.25, -0.2) is 9.18 Å². The molecule has 0 amide bonds. The number of anilines is 1. The Morgan fingerprint density at radius 3 is 2.57 bits per heavy atom. The van der Waals surface area contributed by atoms with E-state index in [1.54, 1.807) is 6.92 Å². The van der Waals surface area contributed by atoms with Crippen LogP contribution in [0.1, 0.15) is 53.6 Å². The first-order chi connectivity index (χ1) is 12.8. The molecule has 0 bridgehead atoms. The molecule has 3 heterocycles. The van der Waals surface area contributed by atoms with Crippen LogP contribution in [0.4, 0.5) is 10.1 Å². The number of aromatic nitrogens is 1. The maximum Gasteiger partial charge on any atom is 0.343 e. The molecule has 8 heteroatoms. The Hall–Kier alpha value is -2.12. The number of carboxylic acid groups (broad SMARTS) is 1. The van der Waals surface area contributed by atoms with Gasteiger partial charge in [0, 0.05) is 30.9 Å². The molecule has 0 aromatic carbocycles. The molecule has 1 aliphatic heterocycles. The van der Waals surface area contributed by atoms with Crippen LogP contribution in [0, 0.1) is 18.7 Å². The Kier molecular flexibility index (Phi) is 5.42. The van der Waals surface area contributed by atoms with Crippen molar-refractivity contribution in [3.05, 3.63) is 45.1 Å². The minimum Gasteiger partial charge on any atom is -0.477 e. The van der Waals surface area contributed by atoms with Crippen molar-refractivity contribution in [2.24, 2.45) is 11.7 Å². The van der Waals surface area contributed by atoms with E-state index in [1.165, 1.54) is 10.5 Å². The van der Waals surface area contributed by atoms with Gasteiger partial charge in [-0.05, 0) is 56.6 Å². The fourth-order valence-corrected chi connectivity index (χ4v) is 4.36. The monoisotopic (exact) mass is 409 g/mol. The van der Waals surface area contributed by atoms with E-state index in [-0.39, 0.29) is 35.8 Å². The van der Waals surface area contributed by atoms with Gasteiger partial charge in [0.05, 0.1) is 11.2 Å². The Balaban J connectivity index is 0.00000225. The summed E-state index contributed by atoms with van der Waals surface area (Å²) in [5.74, 6) is -1.36. The fraction of sp³-hybridized carbons (Fsp3) is 0.500. The van der Waals surface area contributed by atoms with Crippen LogP contribution in [0.15, 0.2) is 17.1 Å². The van der Waals surface area contributed by atoms with Crippen molar-refractivity contribution in [3.63, 3.8) is 0 Å². The molecule has 1 saturated carbocycles. The summed E-state index contributed by atoms with van der Waals surface area (Å²) in [5.41, 5.74) is 7.81. The van der Waals surface area contributed by atoms with Gasteiger partial charge < -0.3 is 15.7 Å². The second kappa shape index (κ2) is 7.37. The van der Waals surface area contributed by atoms with Crippen LogP contribution in [0.3, 0.4) is 0 Å². The second-order valence-electron chi connectivity index (χ2n) is 7.94. The van der Waals surface area contributed by atoms with Crippen LogP contribution in [0.2, 0.25) is 0 Å². The Morgan fingerprint density at radius 2 is 2.04 bits per heavy atom. The zero-order valence-corrected chi connectivity index (χ0v) is 16.8. The third kappa shape index (κ3) is 3.26. The SMILES string of the molecule is Cc1cc(F)cn2c(=O)c(C(=O)O)c(N3CCC(C(C)N)C3)c(C3CC3)c12.Cl. The highest BCUT2D eigenvalue weighted by atomic mass is 35.5. The molecular formula is C20H25ClFN3O3. The minimum absolute atomic E-state index is 0. The lowest BCUT2D eigenvalue weighted by Crippen LogP contribution is -2.34. The van der Waals surface area contributed by atoms with Gasteiger partial charge in [0.25, 0.3) is 5.56 Å². The molecule has 2 fully saturated rings. The van der Waals surface area contributed by atoms with Crippen molar-refractivity contribution >= 4 is 29.6 Å². The first kappa shape index (κ1) is 20.6. The quantitative estimate of drug-likeness (QED) is 0.810. The van der Waals surface area contributed by atoms with Crippen molar-refractivity contribution in [2.45, 2.75) is 45.1 Å². The van der Waals surface area contributed by atoms with Crippen LogP contribution < -0.4 is 16.2 Å². The van der Waals surface area contributed by atoms with Crippen LogP contribution in [0.25, 0.3) is 5.52 Å². The molecule has 1 saturated heterocycles. The molecule has 28 heavy (non-hydrogen) atoms. The molecule has 0 spiro atoms. The average Bonchev–Trinajstić information content (AvgIpc) is 3.30. The molecule has 0 radical (unpaired) electrons. The predicted molar refractivity (Wildman–Crippen MR) is 109 cm³/mol. The highest BCUT2D eigenvalue weighted by Gasteiger charge is 2.38. The number of rotatable bonds is 4. The maximum absolute atomic E-state index is 14.0. The van der Waals surface area contributed by atoms with Crippen LogP contribution in [-0.2, 0) is 0 Å². The molecule has 2 aromatic rings. The summed E-state index contributed by atoms with van der Waals surface area (Å²) in [7, 11) is 0. The van der Waals surface area contributed by atoms with Crippen molar-refractivity contribution in [3.8, 4) is 0 Å². The number of fused-ring (bicyclic) bond motifs is 1. The minimum atomic E-state index is -1.27. The number of hydrogen-bond acceptors (Lipinski definition) is 4. The topological polar surface area (TPSA) is 88.0 Å². The number of pyridine rings is 2. The van der Waals surface area contributed by atoms with Crippen molar-refractivity contribution < 1.29 is 14.3 Å². The van der Waals surface area contributed by atoms with E-state index in [9.17, 15) is 19.1 Å². The number of aromatic carboxylic acids is 1. The Bertz CT molecular complexity index is 1000. The number of hydrogen-bond donors (Lipinski definition) is 2. The summed E-state index contributed by atoms with van der Waals surface area (Å²) in [6.07, 6.45) is 3.85. The van der Waals surface area contributed by atoms with Gasteiger partial charge in [-0.1, -0.05) is 0 Å². The second-order valence-corrected chi connectivity index (χ2v) is 7.94. The first-order valence-corrected chi connectivity index (χ1v) is 9.41. The molecule has 3 N–H and O–H groups in total. The Labute approximate surface area is 168 Å². The highest BCUT2D eigenvalue weighted by Crippen LogP contribution is 2.48. The van der Waals surface area contributed by atoms with Gasteiger partial charge in [-0.2, -0.15) is 0 Å². The zero-order chi connectivity index (χ0) is 19.5. The molecule has 1 aliphatic carbocycles. The van der Waals surface area contributed by atoms with Crippen LogP contribution in [0.5, 0.6) is 0 Å². The lowest BCUT2D eigenvalue weighted by Gasteiger charge is -2.26. The molecule has 152 valence electrons. The van der Waals surface area contributed by atoms with E-state index >= 15 is 0 Å². The average molecular weight is 410 g/mol. The number of nitrogens with two attached hydrogens (primary N) is 1. The first-order valence-electron chi connectivity index (χ1n) is 9.41. The zero-order valence-electron chi connectivity index (χ0n) is 15.9. The predicted octanol–water partition coefficient (Wildman–Crippen LogP) is 2.92. The van der Waals surface area contributed by atoms with E-state index in [1.807, 2.05) is 11.8 Å². The number of aryl methyl sites for hydroxylation is 1. The van der Waals surface area contributed by atoms with Gasteiger partial charge in [0.1, 0.15) is 11.4 Å². The number of halogens is 2. The number of nitrogens with zero attached hydrogens (tertiary/aromatic N) is 2. The number of carbonyl (C=O) groups is 1. The third-order valence-corrected chi connectivity index (χ3v) is 5.88. The largest absolute Gasteiger partial charge is 0.477 e. The van der Waals surface area contributed by atoms with Gasteiger partial charge in [-0.3, -0.25) is 9.20 Å². The molecule has 2 aliphatic rings. The summed E-state index contributed by atoms with van der Waals surface area (Å²) < 4.78 is 15.2. The summed E-state index contributed by atoms with van der Waals surface area (Å²) in [6, 6.07) is 1.41. The summed E-state index contributed by atoms with van der Waals surface area (Å²) in [4.78, 5) is 27.1.